The molecule has 1 N–H and O–H groups in total. The molecule has 4 heteroatoms. The maximum absolute atomic E-state index is 10.3. The van der Waals surface area contributed by atoms with E-state index in [0.717, 1.165) is 29.9 Å². The number of hydrogen-bond acceptors (Lipinski definition) is 3. The van der Waals surface area contributed by atoms with E-state index in [2.05, 4.69) is 17.0 Å². The Hall–Kier alpha value is -1.68. The van der Waals surface area contributed by atoms with E-state index >= 15 is 0 Å². The number of pyridine rings is 1. The first kappa shape index (κ1) is 11.8. The van der Waals surface area contributed by atoms with Crippen LogP contribution in [0.5, 0.6) is 0 Å². The normalized spacial score (nSPS) is 12.6. The maximum atomic E-state index is 10.3. The first-order valence-electron chi connectivity index (χ1n) is 5.90. The van der Waals surface area contributed by atoms with Gasteiger partial charge in [-0.05, 0) is 25.5 Å². The fraction of sp³-hybridized carbons (Fsp3) is 0.385. The van der Waals surface area contributed by atoms with Crippen molar-refractivity contribution in [3.05, 3.63) is 47.5 Å². The van der Waals surface area contributed by atoms with Gasteiger partial charge >= 0.3 is 0 Å². The first-order valence-corrected chi connectivity index (χ1v) is 5.90. The van der Waals surface area contributed by atoms with Crippen LogP contribution in [0.1, 0.15) is 36.9 Å². The number of aliphatic hydroxyl groups excluding tert-OH is 1. The van der Waals surface area contributed by atoms with Gasteiger partial charge in [0.15, 0.2) is 0 Å². The Kier molecular flexibility index (Phi) is 3.54. The van der Waals surface area contributed by atoms with Crippen molar-refractivity contribution < 1.29 is 5.11 Å². The minimum absolute atomic E-state index is 0.656. The van der Waals surface area contributed by atoms with Crippen LogP contribution in [0.2, 0.25) is 0 Å². The molecular weight excluding hydrogens is 214 g/mol. The molecule has 2 heterocycles. The molecule has 0 aliphatic rings. The summed E-state index contributed by atoms with van der Waals surface area (Å²) in [6, 6.07) is 5.66. The van der Waals surface area contributed by atoms with Gasteiger partial charge in [0.05, 0.1) is 11.4 Å². The molecule has 0 bridgehead atoms. The molecule has 2 rings (SSSR count). The van der Waals surface area contributed by atoms with Crippen LogP contribution in [0, 0.1) is 0 Å². The summed E-state index contributed by atoms with van der Waals surface area (Å²) in [5.41, 5.74) is 2.63. The van der Waals surface area contributed by atoms with Crippen LogP contribution in [0.25, 0.3) is 0 Å². The molecule has 90 valence electrons. The van der Waals surface area contributed by atoms with Gasteiger partial charge < -0.3 is 5.11 Å². The van der Waals surface area contributed by atoms with Gasteiger partial charge in [-0.1, -0.05) is 13.0 Å². The van der Waals surface area contributed by atoms with Crippen LogP contribution < -0.4 is 0 Å². The lowest BCUT2D eigenvalue weighted by Gasteiger charge is -2.11. The van der Waals surface area contributed by atoms with E-state index in [-0.39, 0.29) is 0 Å². The van der Waals surface area contributed by atoms with Gasteiger partial charge in [-0.2, -0.15) is 5.10 Å². The van der Waals surface area contributed by atoms with E-state index in [4.69, 9.17) is 0 Å². The van der Waals surface area contributed by atoms with E-state index in [1.165, 1.54) is 0 Å². The highest BCUT2D eigenvalue weighted by Crippen LogP contribution is 2.22. The highest BCUT2D eigenvalue weighted by atomic mass is 16.3. The van der Waals surface area contributed by atoms with Crippen molar-refractivity contribution in [1.82, 2.24) is 14.8 Å². The summed E-state index contributed by atoms with van der Waals surface area (Å²) in [4.78, 5) is 4.02. The number of nitrogens with zero attached hydrogens (tertiary/aromatic N) is 3. The fourth-order valence-electron chi connectivity index (χ4n) is 1.84. The van der Waals surface area contributed by atoms with Crippen molar-refractivity contribution in [2.24, 2.45) is 0 Å². The maximum Gasteiger partial charge on any atom is 0.122 e. The van der Waals surface area contributed by atoms with E-state index < -0.39 is 6.10 Å². The van der Waals surface area contributed by atoms with Crippen LogP contribution in [-0.2, 0) is 13.0 Å². The van der Waals surface area contributed by atoms with Gasteiger partial charge in [0.1, 0.15) is 6.10 Å². The highest BCUT2D eigenvalue weighted by Gasteiger charge is 2.16. The Labute approximate surface area is 101 Å². The van der Waals surface area contributed by atoms with Crippen LogP contribution in [0.4, 0.5) is 0 Å². The second kappa shape index (κ2) is 5.10. The molecule has 2 aromatic rings. The van der Waals surface area contributed by atoms with E-state index in [1.54, 1.807) is 12.4 Å². The van der Waals surface area contributed by atoms with Gasteiger partial charge in [0, 0.05) is 24.5 Å². The summed E-state index contributed by atoms with van der Waals surface area (Å²) >= 11 is 0. The third-order valence-corrected chi connectivity index (χ3v) is 2.80. The lowest BCUT2D eigenvalue weighted by molar-refractivity contribution is 0.207. The predicted octanol–water partition coefficient (Wildman–Crippen LogP) is 1.94. The molecule has 2 aromatic heterocycles. The van der Waals surface area contributed by atoms with Gasteiger partial charge in [0.25, 0.3) is 0 Å². The number of aliphatic hydroxyl groups is 1. The lowest BCUT2D eigenvalue weighted by Crippen LogP contribution is -2.09. The van der Waals surface area contributed by atoms with E-state index in [1.807, 2.05) is 29.8 Å². The fourth-order valence-corrected chi connectivity index (χ4v) is 1.84. The minimum Gasteiger partial charge on any atom is -0.382 e. The monoisotopic (exact) mass is 231 g/mol. The Bertz CT molecular complexity index is 479. The van der Waals surface area contributed by atoms with Crippen LogP contribution in [-0.4, -0.2) is 19.9 Å². The molecule has 1 unspecified atom stereocenters. The largest absolute Gasteiger partial charge is 0.382 e. The molecule has 0 saturated carbocycles. The standard InChI is InChI=1S/C13H17N3O/c1-3-11-8-12(16(4-2)15-11)13(17)10-6-5-7-14-9-10/h5-9,13,17H,3-4H2,1-2H3. The second-order valence-electron chi connectivity index (χ2n) is 3.92. The second-order valence-corrected chi connectivity index (χ2v) is 3.92. The Morgan fingerprint density at radius 3 is 2.82 bits per heavy atom. The Morgan fingerprint density at radius 2 is 2.24 bits per heavy atom. The minimum atomic E-state index is -0.656. The van der Waals surface area contributed by atoms with Crippen molar-refractivity contribution >= 4 is 0 Å². The topological polar surface area (TPSA) is 50.9 Å². The molecule has 0 amide bonds. The Balaban J connectivity index is 2.36. The number of aromatic nitrogens is 3. The quantitative estimate of drug-likeness (QED) is 0.875. The van der Waals surface area contributed by atoms with Gasteiger partial charge in [-0.15, -0.1) is 0 Å². The average Bonchev–Trinajstić information content (AvgIpc) is 2.82. The molecule has 0 fully saturated rings. The summed E-state index contributed by atoms with van der Waals surface area (Å²) in [6.45, 7) is 4.83. The average molecular weight is 231 g/mol. The number of aryl methyl sites for hydroxylation is 2. The molecule has 0 aliphatic heterocycles. The molecule has 17 heavy (non-hydrogen) atoms. The summed E-state index contributed by atoms with van der Waals surface area (Å²) in [6.07, 6.45) is 3.60. The number of hydrogen-bond donors (Lipinski definition) is 1. The van der Waals surface area contributed by atoms with Crippen molar-refractivity contribution in [3.63, 3.8) is 0 Å². The zero-order valence-electron chi connectivity index (χ0n) is 10.2. The van der Waals surface area contributed by atoms with Gasteiger partial charge in [-0.25, -0.2) is 0 Å². The van der Waals surface area contributed by atoms with Gasteiger partial charge in [0.2, 0.25) is 0 Å². The van der Waals surface area contributed by atoms with Crippen LogP contribution in [0.3, 0.4) is 0 Å². The van der Waals surface area contributed by atoms with Crippen LogP contribution >= 0.6 is 0 Å². The third-order valence-electron chi connectivity index (χ3n) is 2.80. The lowest BCUT2D eigenvalue weighted by atomic mass is 10.1. The first-order chi connectivity index (χ1) is 8.26. The summed E-state index contributed by atoms with van der Waals surface area (Å²) in [7, 11) is 0. The van der Waals surface area contributed by atoms with Gasteiger partial charge in [-0.3, -0.25) is 9.67 Å². The highest BCUT2D eigenvalue weighted by molar-refractivity contribution is 5.24. The van der Waals surface area contributed by atoms with E-state index in [0.29, 0.717) is 0 Å². The molecule has 0 radical (unpaired) electrons. The zero-order valence-corrected chi connectivity index (χ0v) is 10.2. The van der Waals surface area contributed by atoms with Crippen molar-refractivity contribution in [1.29, 1.82) is 0 Å². The third kappa shape index (κ3) is 2.36. The SMILES string of the molecule is CCc1cc(C(O)c2cccnc2)n(CC)n1. The van der Waals surface area contributed by atoms with Crippen molar-refractivity contribution in [2.45, 2.75) is 32.9 Å². The van der Waals surface area contributed by atoms with Crippen LogP contribution in [0.15, 0.2) is 30.6 Å². The number of rotatable bonds is 4. The zero-order chi connectivity index (χ0) is 12.3. The van der Waals surface area contributed by atoms with Crippen molar-refractivity contribution in [3.8, 4) is 0 Å². The Morgan fingerprint density at radius 1 is 1.41 bits per heavy atom. The smallest absolute Gasteiger partial charge is 0.122 e. The molecular formula is C13H17N3O. The molecule has 1 atom stereocenters. The molecule has 0 aromatic carbocycles. The summed E-state index contributed by atoms with van der Waals surface area (Å²) in [5, 5.41) is 14.7. The molecule has 0 spiro atoms. The van der Waals surface area contributed by atoms with E-state index in [9.17, 15) is 5.11 Å². The van der Waals surface area contributed by atoms with Crippen molar-refractivity contribution in [2.75, 3.05) is 0 Å². The molecule has 4 nitrogen and oxygen atoms in total. The molecule has 0 saturated heterocycles. The summed E-state index contributed by atoms with van der Waals surface area (Å²) < 4.78 is 1.84. The molecule has 0 aliphatic carbocycles. The predicted molar refractivity (Wildman–Crippen MR) is 65.6 cm³/mol. The summed E-state index contributed by atoms with van der Waals surface area (Å²) in [5.74, 6) is 0.